The van der Waals surface area contributed by atoms with Crippen molar-refractivity contribution in [1.82, 2.24) is 9.13 Å². The van der Waals surface area contributed by atoms with Gasteiger partial charge in [-0.3, -0.25) is 9.59 Å². The molecular weight excluding hydrogens is 604 g/mol. The number of rotatable bonds is 9. The Morgan fingerprint density at radius 2 is 1.17 bits per heavy atom. The van der Waals surface area contributed by atoms with E-state index in [0.717, 1.165) is 50.4 Å². The highest BCUT2D eigenvalue weighted by atomic mass is 16.5. The summed E-state index contributed by atoms with van der Waals surface area (Å²) in [5.74, 6) is -0.0216. The Kier molecular flexibility index (Phi) is 8.90. The van der Waals surface area contributed by atoms with Crippen molar-refractivity contribution in [2.45, 2.75) is 83.2 Å². The highest BCUT2D eigenvalue weighted by Gasteiger charge is 2.31. The summed E-state index contributed by atoms with van der Waals surface area (Å²) in [6.45, 7) is 2.01. The molecule has 2 aromatic carbocycles. The molecular formula is C40H42N2O6. The van der Waals surface area contributed by atoms with Crippen LogP contribution in [-0.4, -0.2) is 32.8 Å². The van der Waals surface area contributed by atoms with Crippen LogP contribution in [0.2, 0.25) is 0 Å². The Hall–Kier alpha value is -4.72. The van der Waals surface area contributed by atoms with Crippen LogP contribution in [0.15, 0.2) is 82.6 Å². The summed E-state index contributed by atoms with van der Waals surface area (Å²) in [7, 11) is 0. The maximum atomic E-state index is 12.8. The lowest BCUT2D eigenvalue weighted by Gasteiger charge is -2.17. The largest absolute Gasteiger partial charge is 0.477 e. The average Bonchev–Trinajstić information content (AvgIpc) is 4.00. The van der Waals surface area contributed by atoms with Crippen LogP contribution in [0.1, 0.15) is 112 Å². The number of nitrogens with zero attached hydrogens (tertiary/aromatic N) is 2. The minimum absolute atomic E-state index is 0.0102. The van der Waals surface area contributed by atoms with Crippen molar-refractivity contribution in [2.24, 2.45) is 11.8 Å². The summed E-state index contributed by atoms with van der Waals surface area (Å²) in [4.78, 5) is 48.5. The Bertz CT molecular complexity index is 1980. The normalized spacial score (nSPS) is 19.2. The van der Waals surface area contributed by atoms with Crippen LogP contribution in [0.4, 0.5) is 0 Å². The second-order valence-electron chi connectivity index (χ2n) is 13.7. The molecule has 0 bridgehead atoms. The monoisotopic (exact) mass is 646 g/mol. The molecule has 0 spiro atoms. The van der Waals surface area contributed by atoms with Crippen LogP contribution < -0.4 is 11.1 Å². The van der Waals surface area contributed by atoms with E-state index in [2.05, 4.69) is 36.4 Å². The third-order valence-corrected chi connectivity index (χ3v) is 10.4. The quantitative estimate of drug-likeness (QED) is 0.207. The van der Waals surface area contributed by atoms with E-state index in [9.17, 15) is 19.2 Å². The highest BCUT2D eigenvalue weighted by molar-refractivity contribution is 5.89. The Morgan fingerprint density at radius 1 is 0.688 bits per heavy atom. The molecule has 248 valence electrons. The molecule has 48 heavy (non-hydrogen) atoms. The molecule has 4 aliphatic carbocycles. The van der Waals surface area contributed by atoms with Crippen molar-refractivity contribution in [3.05, 3.63) is 138 Å². The first-order chi connectivity index (χ1) is 23.3. The van der Waals surface area contributed by atoms with Crippen LogP contribution in [0.25, 0.3) is 0 Å². The van der Waals surface area contributed by atoms with E-state index in [1.165, 1.54) is 65.1 Å². The molecule has 2 aromatic heterocycles. The molecule has 2 saturated carbocycles. The standard InChI is InChI=1S/C21H23NO3.C19H19NO3/c1-2-25-21(24)18-7-4-12-22(20(18)23)19-11-10-16-15(13-14-8-9-14)5-3-6-17(16)19;21-18-16(19(22)23)5-2-10-20(18)17-9-8-14-13(11-12-6-7-12)3-1-4-15(14)17/h3-7,12,14,19H,2,8-11,13H2,1H3;1-5,10,12,17H,6-9,11H2,(H,22,23). The van der Waals surface area contributed by atoms with Gasteiger partial charge in [-0.25, -0.2) is 9.59 Å². The van der Waals surface area contributed by atoms with Gasteiger partial charge >= 0.3 is 11.9 Å². The number of carboxylic acids is 1. The molecule has 4 aliphatic rings. The minimum Gasteiger partial charge on any atom is -0.477 e. The first-order valence-electron chi connectivity index (χ1n) is 17.4. The maximum Gasteiger partial charge on any atom is 0.343 e. The molecule has 4 aromatic rings. The predicted molar refractivity (Wildman–Crippen MR) is 183 cm³/mol. The van der Waals surface area contributed by atoms with Crippen molar-refractivity contribution in [3.63, 3.8) is 0 Å². The van der Waals surface area contributed by atoms with E-state index in [0.29, 0.717) is 0 Å². The van der Waals surface area contributed by atoms with Gasteiger partial charge < -0.3 is 19.0 Å². The van der Waals surface area contributed by atoms with Gasteiger partial charge in [-0.05, 0) is 141 Å². The van der Waals surface area contributed by atoms with Crippen LogP contribution in [0.3, 0.4) is 0 Å². The van der Waals surface area contributed by atoms with Gasteiger partial charge in [0, 0.05) is 12.4 Å². The van der Waals surface area contributed by atoms with Gasteiger partial charge in [0.2, 0.25) is 0 Å². The molecule has 0 amide bonds. The van der Waals surface area contributed by atoms with Crippen molar-refractivity contribution in [2.75, 3.05) is 6.61 Å². The van der Waals surface area contributed by atoms with Gasteiger partial charge in [-0.1, -0.05) is 36.4 Å². The Morgan fingerprint density at radius 3 is 1.62 bits per heavy atom. The molecule has 2 atom stereocenters. The molecule has 8 nitrogen and oxygen atoms in total. The fourth-order valence-electron chi connectivity index (χ4n) is 7.68. The van der Waals surface area contributed by atoms with Crippen LogP contribution in [-0.2, 0) is 30.4 Å². The van der Waals surface area contributed by atoms with Crippen LogP contribution in [0.5, 0.6) is 0 Å². The molecule has 2 fully saturated rings. The zero-order chi connectivity index (χ0) is 33.4. The predicted octanol–water partition coefficient (Wildman–Crippen LogP) is 6.55. The third-order valence-electron chi connectivity index (χ3n) is 10.4. The van der Waals surface area contributed by atoms with Gasteiger partial charge in [-0.2, -0.15) is 0 Å². The topological polar surface area (TPSA) is 108 Å². The molecule has 0 saturated heterocycles. The van der Waals surface area contributed by atoms with E-state index < -0.39 is 17.5 Å². The number of fused-ring (bicyclic) bond motifs is 2. The number of benzene rings is 2. The highest BCUT2D eigenvalue weighted by Crippen LogP contribution is 2.41. The lowest BCUT2D eigenvalue weighted by Crippen LogP contribution is -2.29. The SMILES string of the molecule is CCOC(=O)c1cccn(C2CCc3c(CC4CC4)cccc32)c1=O.O=C(O)c1cccn(C2CCc3c(CC4CC4)cccc32)c1=O. The van der Waals surface area contributed by atoms with E-state index >= 15 is 0 Å². The zero-order valence-electron chi connectivity index (χ0n) is 27.4. The summed E-state index contributed by atoms with van der Waals surface area (Å²) >= 11 is 0. The number of esters is 1. The Labute approximate surface area is 280 Å². The molecule has 2 unspecified atom stereocenters. The summed E-state index contributed by atoms with van der Waals surface area (Å²) in [6.07, 6.45) is 14.9. The minimum atomic E-state index is -1.16. The summed E-state index contributed by atoms with van der Waals surface area (Å²) in [5, 5.41) is 9.17. The third kappa shape index (κ3) is 6.40. The van der Waals surface area contributed by atoms with Gasteiger partial charge in [0.05, 0.1) is 18.7 Å². The molecule has 8 rings (SSSR count). The first kappa shape index (κ1) is 31.9. The Balaban J connectivity index is 0.000000152. The van der Waals surface area contributed by atoms with Crippen molar-refractivity contribution >= 4 is 11.9 Å². The fourth-order valence-corrected chi connectivity index (χ4v) is 7.68. The van der Waals surface area contributed by atoms with Crippen molar-refractivity contribution < 1.29 is 19.4 Å². The summed E-state index contributed by atoms with van der Waals surface area (Å²) in [6, 6.07) is 19.1. The van der Waals surface area contributed by atoms with Crippen molar-refractivity contribution in [1.29, 1.82) is 0 Å². The molecule has 8 heteroatoms. The van der Waals surface area contributed by atoms with Crippen LogP contribution >= 0.6 is 0 Å². The lowest BCUT2D eigenvalue weighted by molar-refractivity contribution is 0.0522. The fraction of sp³-hybridized carbons (Fsp3) is 0.400. The lowest BCUT2D eigenvalue weighted by atomic mass is 9.98. The van der Waals surface area contributed by atoms with E-state index in [4.69, 9.17) is 9.84 Å². The number of hydrogen-bond donors (Lipinski definition) is 1. The van der Waals surface area contributed by atoms with E-state index in [1.54, 1.807) is 46.7 Å². The molecule has 0 aliphatic heterocycles. The summed E-state index contributed by atoms with van der Waals surface area (Å²) in [5.41, 5.74) is 7.35. The number of carbonyl (C=O) groups excluding carboxylic acids is 1. The summed E-state index contributed by atoms with van der Waals surface area (Å²) < 4.78 is 8.31. The van der Waals surface area contributed by atoms with Gasteiger partial charge in [0.25, 0.3) is 11.1 Å². The number of hydrogen-bond acceptors (Lipinski definition) is 5. The number of carboxylic acid groups (broad SMARTS) is 1. The molecule has 1 N–H and O–H groups in total. The number of pyridine rings is 2. The number of ether oxygens (including phenoxy) is 1. The van der Waals surface area contributed by atoms with E-state index in [-0.39, 0.29) is 35.4 Å². The van der Waals surface area contributed by atoms with Gasteiger partial charge in [0.15, 0.2) is 0 Å². The first-order valence-corrected chi connectivity index (χ1v) is 17.4. The number of aromatic nitrogens is 2. The average molecular weight is 647 g/mol. The second kappa shape index (κ2) is 13.4. The van der Waals surface area contributed by atoms with Crippen molar-refractivity contribution in [3.8, 4) is 0 Å². The molecule has 2 heterocycles. The number of aromatic carboxylic acids is 1. The van der Waals surface area contributed by atoms with Crippen LogP contribution in [0, 0.1) is 11.8 Å². The number of carbonyl (C=O) groups is 2. The van der Waals surface area contributed by atoms with E-state index in [1.807, 2.05) is 0 Å². The zero-order valence-corrected chi connectivity index (χ0v) is 27.4. The van der Waals surface area contributed by atoms with Gasteiger partial charge in [0.1, 0.15) is 11.1 Å². The maximum absolute atomic E-state index is 12.8. The second-order valence-corrected chi connectivity index (χ2v) is 13.7. The molecule has 0 radical (unpaired) electrons. The smallest absolute Gasteiger partial charge is 0.343 e. The van der Waals surface area contributed by atoms with Gasteiger partial charge in [-0.15, -0.1) is 0 Å².